The van der Waals surface area contributed by atoms with Crippen molar-refractivity contribution in [1.82, 2.24) is 9.97 Å². The van der Waals surface area contributed by atoms with E-state index in [4.69, 9.17) is 19.2 Å². The lowest BCUT2D eigenvalue weighted by Crippen LogP contribution is -2.09. The minimum Gasteiger partial charge on any atom is -0.303 e. The van der Waals surface area contributed by atoms with Crippen LogP contribution in [0.1, 0.15) is 0 Å². The summed E-state index contributed by atoms with van der Waals surface area (Å²) in [6, 6.07) is 1.31. The van der Waals surface area contributed by atoms with Crippen LogP contribution < -0.4 is 11.2 Å². The molecule has 80 valence electrons. The SMILES string of the molecule is O=P(O)(O)O.O=c1nccc(NF)[nH]1. The molecule has 0 unspecified atom stereocenters. The highest BCUT2D eigenvalue weighted by atomic mass is 31.2. The topological polar surface area (TPSA) is 136 Å². The number of halogens is 1. The number of H-pyrrole nitrogens is 1. The summed E-state index contributed by atoms with van der Waals surface area (Å²) < 4.78 is 20.3. The molecular formula is C4H7FN3O5P. The minimum atomic E-state index is -4.64. The van der Waals surface area contributed by atoms with Crippen molar-refractivity contribution in [3.05, 3.63) is 22.7 Å². The average Bonchev–Trinajstić information content (AvgIpc) is 2.01. The van der Waals surface area contributed by atoms with Gasteiger partial charge in [-0.15, -0.1) is 4.48 Å². The van der Waals surface area contributed by atoms with E-state index in [0.29, 0.717) is 0 Å². The fourth-order valence-corrected chi connectivity index (χ4v) is 0.424. The van der Waals surface area contributed by atoms with Crippen LogP contribution in [0, 0.1) is 0 Å². The maximum atomic E-state index is 11.5. The van der Waals surface area contributed by atoms with Gasteiger partial charge in [0.25, 0.3) is 0 Å². The highest BCUT2D eigenvalue weighted by Crippen LogP contribution is 2.25. The van der Waals surface area contributed by atoms with Crippen LogP contribution in [0.2, 0.25) is 0 Å². The number of hydrogen-bond donors (Lipinski definition) is 5. The Bertz CT molecular complexity index is 367. The maximum absolute atomic E-state index is 11.5. The number of nitrogens with zero attached hydrogens (tertiary/aromatic N) is 1. The molecule has 1 rings (SSSR count). The molecule has 10 heteroatoms. The Morgan fingerprint density at radius 1 is 1.50 bits per heavy atom. The normalized spacial score (nSPS) is 10.0. The molecule has 0 bridgehead atoms. The predicted molar refractivity (Wildman–Crippen MR) is 43.9 cm³/mol. The molecule has 1 aromatic rings. The van der Waals surface area contributed by atoms with Crippen LogP contribution in [0.5, 0.6) is 0 Å². The van der Waals surface area contributed by atoms with E-state index in [-0.39, 0.29) is 5.82 Å². The van der Waals surface area contributed by atoms with Crippen LogP contribution in [0.4, 0.5) is 10.3 Å². The molecule has 0 aliphatic carbocycles. The first kappa shape index (κ1) is 12.7. The van der Waals surface area contributed by atoms with Crippen molar-refractivity contribution in [2.45, 2.75) is 0 Å². The highest BCUT2D eigenvalue weighted by Gasteiger charge is 2.00. The molecule has 1 heterocycles. The first-order valence-electron chi connectivity index (χ1n) is 3.03. The molecule has 5 N–H and O–H groups in total. The number of aromatic nitrogens is 2. The van der Waals surface area contributed by atoms with E-state index in [1.165, 1.54) is 17.8 Å². The van der Waals surface area contributed by atoms with E-state index in [0.717, 1.165) is 0 Å². The maximum Gasteiger partial charge on any atom is 0.466 e. The van der Waals surface area contributed by atoms with Gasteiger partial charge in [-0.2, -0.15) is 0 Å². The fraction of sp³-hybridized carbons (Fsp3) is 0. The third-order valence-corrected chi connectivity index (χ3v) is 0.776. The number of rotatable bonds is 1. The summed E-state index contributed by atoms with van der Waals surface area (Å²) in [6.45, 7) is 0. The Morgan fingerprint density at radius 3 is 2.29 bits per heavy atom. The Kier molecular flexibility index (Phi) is 4.95. The summed E-state index contributed by atoms with van der Waals surface area (Å²) in [5.74, 6) is 0.00926. The van der Waals surface area contributed by atoms with Gasteiger partial charge in [0.15, 0.2) is 0 Å². The summed E-state index contributed by atoms with van der Waals surface area (Å²) in [5.41, 5.74) is 0.701. The molecule has 8 nitrogen and oxygen atoms in total. The molecule has 0 amide bonds. The van der Waals surface area contributed by atoms with Crippen LogP contribution in [-0.4, -0.2) is 24.6 Å². The summed E-state index contributed by atoms with van der Waals surface area (Å²) in [4.78, 5) is 37.2. The van der Waals surface area contributed by atoms with Gasteiger partial charge < -0.3 is 14.7 Å². The summed E-state index contributed by atoms with van der Waals surface area (Å²) >= 11 is 0. The van der Waals surface area contributed by atoms with Crippen molar-refractivity contribution in [2.75, 3.05) is 5.54 Å². The van der Waals surface area contributed by atoms with Crippen LogP contribution in [0.25, 0.3) is 0 Å². The number of nitrogens with one attached hydrogen (secondary N) is 2. The van der Waals surface area contributed by atoms with Gasteiger partial charge >= 0.3 is 13.5 Å². The lowest BCUT2D eigenvalue weighted by Gasteiger charge is -1.90. The van der Waals surface area contributed by atoms with Crippen LogP contribution in [0.3, 0.4) is 0 Å². The third kappa shape index (κ3) is 8.81. The van der Waals surface area contributed by atoms with Gasteiger partial charge in [0.1, 0.15) is 5.82 Å². The highest BCUT2D eigenvalue weighted by molar-refractivity contribution is 7.45. The van der Waals surface area contributed by atoms with E-state index in [1.807, 2.05) is 0 Å². The number of anilines is 1. The second-order valence-electron chi connectivity index (χ2n) is 1.90. The van der Waals surface area contributed by atoms with Crippen molar-refractivity contribution < 1.29 is 23.7 Å². The van der Waals surface area contributed by atoms with Gasteiger partial charge in [0, 0.05) is 6.20 Å². The zero-order valence-corrected chi connectivity index (χ0v) is 7.48. The van der Waals surface area contributed by atoms with Gasteiger partial charge in [-0.25, -0.2) is 19.9 Å². The van der Waals surface area contributed by atoms with E-state index in [2.05, 4.69) is 9.97 Å². The van der Waals surface area contributed by atoms with Gasteiger partial charge in [0.2, 0.25) is 0 Å². The Morgan fingerprint density at radius 2 is 2.00 bits per heavy atom. The summed E-state index contributed by atoms with van der Waals surface area (Å²) in [6.07, 6.45) is 1.21. The average molecular weight is 227 g/mol. The molecule has 0 fully saturated rings. The van der Waals surface area contributed by atoms with Crippen molar-refractivity contribution in [3.8, 4) is 0 Å². The van der Waals surface area contributed by atoms with Gasteiger partial charge in [0.05, 0.1) is 0 Å². The molecule has 1 aromatic heterocycles. The van der Waals surface area contributed by atoms with E-state index in [1.54, 1.807) is 0 Å². The van der Waals surface area contributed by atoms with Gasteiger partial charge in [-0.1, -0.05) is 0 Å². The molecular weight excluding hydrogens is 220 g/mol. The van der Waals surface area contributed by atoms with Crippen LogP contribution >= 0.6 is 7.82 Å². The van der Waals surface area contributed by atoms with Crippen molar-refractivity contribution >= 4 is 13.6 Å². The van der Waals surface area contributed by atoms with Crippen molar-refractivity contribution in [2.24, 2.45) is 0 Å². The number of phosphoric acid groups is 1. The lowest BCUT2D eigenvalue weighted by molar-refractivity contribution is 0.275. The predicted octanol–water partition coefficient (Wildman–Crippen LogP) is -0.862. The van der Waals surface area contributed by atoms with Gasteiger partial charge in [-0.3, -0.25) is 4.98 Å². The van der Waals surface area contributed by atoms with Crippen molar-refractivity contribution in [1.29, 1.82) is 0 Å². The second kappa shape index (κ2) is 5.45. The molecule has 0 saturated heterocycles. The standard InChI is InChI=1S/C4H4FN3O.H3O4P/c5-8-3-1-2-6-4(9)7-3;1-5(2,3)4/h1-2H,(H2,6,7,8,9);(H3,1,2,3,4). The monoisotopic (exact) mass is 227 g/mol. The van der Waals surface area contributed by atoms with E-state index >= 15 is 0 Å². The molecule has 0 aromatic carbocycles. The molecule has 0 aliphatic heterocycles. The number of hydrogen-bond acceptors (Lipinski definition) is 4. The summed E-state index contributed by atoms with van der Waals surface area (Å²) in [5, 5.41) is 0. The molecule has 0 aliphatic rings. The fourth-order valence-electron chi connectivity index (χ4n) is 0.424. The number of aromatic amines is 1. The first-order valence-corrected chi connectivity index (χ1v) is 4.59. The quantitative estimate of drug-likeness (QED) is 0.311. The Balaban J connectivity index is 0.000000292. The largest absolute Gasteiger partial charge is 0.466 e. The van der Waals surface area contributed by atoms with E-state index in [9.17, 15) is 9.28 Å². The summed E-state index contributed by atoms with van der Waals surface area (Å²) in [7, 11) is -4.64. The second-order valence-corrected chi connectivity index (χ2v) is 2.92. The van der Waals surface area contributed by atoms with Crippen LogP contribution in [-0.2, 0) is 4.57 Å². The van der Waals surface area contributed by atoms with Gasteiger partial charge in [-0.05, 0) is 6.07 Å². The minimum absolute atomic E-state index is 0.00926. The Labute approximate surface area is 76.6 Å². The third-order valence-electron chi connectivity index (χ3n) is 0.776. The zero-order valence-electron chi connectivity index (χ0n) is 6.59. The molecule has 14 heavy (non-hydrogen) atoms. The van der Waals surface area contributed by atoms with Crippen LogP contribution in [0.15, 0.2) is 17.1 Å². The smallest absolute Gasteiger partial charge is 0.303 e. The molecule has 0 atom stereocenters. The van der Waals surface area contributed by atoms with E-state index < -0.39 is 13.5 Å². The molecule has 0 saturated carbocycles. The lowest BCUT2D eigenvalue weighted by atomic mass is 10.6. The Hall–Kier alpha value is -1.28. The molecule has 0 radical (unpaired) electrons. The zero-order chi connectivity index (χ0) is 11.2. The van der Waals surface area contributed by atoms with Crippen molar-refractivity contribution in [3.63, 3.8) is 0 Å². The molecule has 0 spiro atoms. The first-order chi connectivity index (χ1) is 6.33.